The summed E-state index contributed by atoms with van der Waals surface area (Å²) in [6, 6.07) is 0. The van der Waals surface area contributed by atoms with Crippen LogP contribution in [-0.2, 0) is 0 Å². The quantitative estimate of drug-likeness (QED) is 0.319. The normalized spacial score (nSPS) is 4.50. The molecular formula is H2LiO2S. The SMILES string of the molecule is OSO.[Li]. The maximum atomic E-state index is 7.04. The maximum Gasteiger partial charge on any atom is 0.152 e. The molecule has 1 radical (unpaired) electrons. The van der Waals surface area contributed by atoms with Crippen LogP contribution in [0.25, 0.3) is 0 Å². The standard InChI is InChI=1S/Li.H2O2S/c;1-3-2/h;1-2H. The van der Waals surface area contributed by atoms with Gasteiger partial charge in [0.2, 0.25) is 0 Å². The van der Waals surface area contributed by atoms with E-state index < -0.39 is 0 Å². The van der Waals surface area contributed by atoms with Crippen molar-refractivity contribution in [1.29, 1.82) is 0 Å². The van der Waals surface area contributed by atoms with E-state index >= 15 is 0 Å². The fourth-order valence-corrected chi connectivity index (χ4v) is 0. The van der Waals surface area contributed by atoms with E-state index in [9.17, 15) is 0 Å². The Balaban J connectivity index is 0. The van der Waals surface area contributed by atoms with Crippen molar-refractivity contribution in [2.45, 2.75) is 0 Å². The Bertz CT molecular complexity index is 6.00. The predicted octanol–water partition coefficient (Wildman–Crippen LogP) is 0.285. The molecule has 0 aromatic carbocycles. The maximum absolute atomic E-state index is 7.04. The molecule has 0 fully saturated rings. The van der Waals surface area contributed by atoms with E-state index in [2.05, 4.69) is 0 Å². The molecule has 0 rings (SSSR count). The zero-order valence-corrected chi connectivity index (χ0v) is 3.12. The monoisotopic (exact) mass is 73.0 g/mol. The van der Waals surface area contributed by atoms with Crippen LogP contribution in [0.15, 0.2) is 0 Å². The molecule has 2 N–H and O–H groups in total. The molecule has 0 bridgehead atoms. The van der Waals surface area contributed by atoms with Crippen molar-refractivity contribution in [2.75, 3.05) is 0 Å². The van der Waals surface area contributed by atoms with E-state index in [1.54, 1.807) is 0 Å². The summed E-state index contributed by atoms with van der Waals surface area (Å²) in [7, 11) is 0. The number of hydrogen-bond acceptors (Lipinski definition) is 3. The molecule has 4 heavy (non-hydrogen) atoms. The Hall–Kier alpha value is 0.867. The molecule has 0 atom stereocenters. The topological polar surface area (TPSA) is 40.5 Å². The summed E-state index contributed by atoms with van der Waals surface area (Å²) in [4.78, 5) is 0. The van der Waals surface area contributed by atoms with Crippen LogP contribution in [0.2, 0.25) is 0 Å². The summed E-state index contributed by atoms with van der Waals surface area (Å²) in [5.41, 5.74) is 0. The van der Waals surface area contributed by atoms with E-state index in [0.717, 1.165) is 0 Å². The molecule has 0 aromatic rings. The van der Waals surface area contributed by atoms with Crippen LogP contribution in [0, 0.1) is 0 Å². The van der Waals surface area contributed by atoms with Crippen molar-refractivity contribution in [3.05, 3.63) is 0 Å². The number of hydrogen-bond donors (Lipinski definition) is 2. The Labute approximate surface area is 40.8 Å². The van der Waals surface area contributed by atoms with Gasteiger partial charge in [0.1, 0.15) is 0 Å². The molecule has 0 aliphatic heterocycles. The zero-order valence-electron chi connectivity index (χ0n) is 2.30. The first-order chi connectivity index (χ1) is 1.41. The van der Waals surface area contributed by atoms with Crippen LogP contribution in [0.5, 0.6) is 0 Å². The van der Waals surface area contributed by atoms with Gasteiger partial charge in [0.05, 0.1) is 0 Å². The third kappa shape index (κ3) is 13.3. The van der Waals surface area contributed by atoms with E-state index in [0.29, 0.717) is 0 Å². The van der Waals surface area contributed by atoms with E-state index in [1.807, 2.05) is 0 Å². The second-order valence-electron chi connectivity index (χ2n) is 0.0816. The molecule has 0 unspecified atom stereocenters. The minimum atomic E-state index is -0.250. The van der Waals surface area contributed by atoms with Gasteiger partial charge in [-0.2, -0.15) is 0 Å². The van der Waals surface area contributed by atoms with Gasteiger partial charge in [0, 0.05) is 18.9 Å². The summed E-state index contributed by atoms with van der Waals surface area (Å²) >= 11 is -0.250. The molecule has 0 saturated carbocycles. The summed E-state index contributed by atoms with van der Waals surface area (Å²) in [5.74, 6) is 0. The minimum Gasteiger partial charge on any atom is -0.307 e. The fourth-order valence-electron chi connectivity index (χ4n) is 0. The second kappa shape index (κ2) is 9.12. The smallest absolute Gasteiger partial charge is 0.152 e. The third-order valence-electron chi connectivity index (χ3n) is 0. The van der Waals surface area contributed by atoms with Gasteiger partial charge in [0.15, 0.2) is 12.3 Å². The molecule has 2 nitrogen and oxygen atoms in total. The van der Waals surface area contributed by atoms with Gasteiger partial charge in [-0.25, -0.2) is 0 Å². The molecule has 4 heteroatoms. The summed E-state index contributed by atoms with van der Waals surface area (Å²) in [6.07, 6.45) is 0. The van der Waals surface area contributed by atoms with E-state index in [4.69, 9.17) is 9.11 Å². The predicted molar refractivity (Wildman–Crippen MR) is 18.6 cm³/mol. The van der Waals surface area contributed by atoms with Crippen LogP contribution in [-0.4, -0.2) is 28.0 Å². The van der Waals surface area contributed by atoms with Gasteiger partial charge < -0.3 is 9.11 Å². The summed E-state index contributed by atoms with van der Waals surface area (Å²) in [5, 5.41) is 0. The van der Waals surface area contributed by atoms with Crippen molar-refractivity contribution in [3.63, 3.8) is 0 Å². The first-order valence-corrected chi connectivity index (χ1v) is 1.10. The average molecular weight is 73.0 g/mol. The Morgan fingerprint density at radius 3 is 1.25 bits per heavy atom. The number of rotatable bonds is 0. The molecular weight excluding hydrogens is 71.0 g/mol. The van der Waals surface area contributed by atoms with Crippen molar-refractivity contribution in [1.82, 2.24) is 0 Å². The van der Waals surface area contributed by atoms with Crippen LogP contribution in [0.4, 0.5) is 0 Å². The van der Waals surface area contributed by atoms with Crippen LogP contribution in [0.1, 0.15) is 0 Å². The van der Waals surface area contributed by atoms with Crippen LogP contribution in [0.3, 0.4) is 0 Å². The van der Waals surface area contributed by atoms with Gasteiger partial charge in [-0.15, -0.1) is 0 Å². The third-order valence-corrected chi connectivity index (χ3v) is 0. The van der Waals surface area contributed by atoms with Crippen LogP contribution < -0.4 is 0 Å². The van der Waals surface area contributed by atoms with Gasteiger partial charge in [0.25, 0.3) is 0 Å². The van der Waals surface area contributed by atoms with E-state index in [1.165, 1.54) is 0 Å². The summed E-state index contributed by atoms with van der Waals surface area (Å²) in [6.45, 7) is 0. The molecule has 0 spiro atoms. The second-order valence-corrected chi connectivity index (χ2v) is 0.245. The van der Waals surface area contributed by atoms with Gasteiger partial charge >= 0.3 is 0 Å². The first-order valence-electron chi connectivity index (χ1n) is 0.365. The van der Waals surface area contributed by atoms with Crippen molar-refractivity contribution < 1.29 is 9.11 Å². The molecule has 0 aromatic heterocycles. The van der Waals surface area contributed by atoms with Gasteiger partial charge in [-0.1, -0.05) is 0 Å². The average Bonchev–Trinajstić information content (AvgIpc) is 0.918. The van der Waals surface area contributed by atoms with Crippen molar-refractivity contribution in [2.24, 2.45) is 0 Å². The fraction of sp³-hybridized carbons (Fsp3) is 0. The van der Waals surface area contributed by atoms with E-state index in [-0.39, 0.29) is 31.2 Å². The van der Waals surface area contributed by atoms with Gasteiger partial charge in [-0.05, 0) is 0 Å². The Morgan fingerprint density at radius 2 is 1.25 bits per heavy atom. The molecule has 0 amide bonds. The van der Waals surface area contributed by atoms with Crippen LogP contribution >= 0.6 is 12.3 Å². The molecule has 0 aliphatic carbocycles. The first kappa shape index (κ1) is 8.85. The largest absolute Gasteiger partial charge is 0.307 e. The zero-order chi connectivity index (χ0) is 2.71. The summed E-state index contributed by atoms with van der Waals surface area (Å²) < 4.78 is 14.1. The van der Waals surface area contributed by atoms with Crippen molar-refractivity contribution in [3.8, 4) is 0 Å². The Kier molecular flexibility index (Phi) is 20.2. The van der Waals surface area contributed by atoms with Gasteiger partial charge in [-0.3, -0.25) is 0 Å². The van der Waals surface area contributed by atoms with Crippen molar-refractivity contribution >= 4 is 31.2 Å². The minimum absolute atomic E-state index is 0. The molecule has 21 valence electrons. The molecule has 0 aliphatic rings. The molecule has 0 heterocycles. The molecule has 0 saturated heterocycles. The Morgan fingerprint density at radius 1 is 1.25 bits per heavy atom.